The highest BCUT2D eigenvalue weighted by Crippen LogP contribution is 2.21. The predicted molar refractivity (Wildman–Crippen MR) is 73.1 cm³/mol. The van der Waals surface area contributed by atoms with Crippen molar-refractivity contribution in [3.05, 3.63) is 28.7 Å². The van der Waals surface area contributed by atoms with Crippen LogP contribution in [0.5, 0.6) is 0 Å². The van der Waals surface area contributed by atoms with Gasteiger partial charge in [0.2, 0.25) is 5.91 Å². The van der Waals surface area contributed by atoms with E-state index in [1.807, 2.05) is 0 Å². The number of oxazole rings is 1. The number of aromatic nitrogens is 1. The molecule has 2 rings (SSSR count). The third kappa shape index (κ3) is 2.53. The van der Waals surface area contributed by atoms with Crippen molar-refractivity contribution in [3.63, 3.8) is 0 Å². The van der Waals surface area contributed by atoms with Gasteiger partial charge in [0.1, 0.15) is 0 Å². The molecule has 0 saturated carbocycles. The van der Waals surface area contributed by atoms with Crippen LogP contribution in [-0.2, 0) is 11.8 Å². The molecule has 1 atom stereocenters. The van der Waals surface area contributed by atoms with Crippen molar-refractivity contribution in [3.8, 4) is 0 Å². The molecule has 1 heterocycles. The summed E-state index contributed by atoms with van der Waals surface area (Å²) in [7, 11) is 3.31. The molecular formula is C13H17N3O3. The molecule has 6 heteroatoms. The molecule has 6 nitrogen and oxygen atoms in total. The van der Waals surface area contributed by atoms with Gasteiger partial charge in [-0.05, 0) is 19.1 Å². The van der Waals surface area contributed by atoms with Gasteiger partial charge in [-0.2, -0.15) is 0 Å². The maximum Gasteiger partial charge on any atom is 0.419 e. The summed E-state index contributed by atoms with van der Waals surface area (Å²) < 4.78 is 6.51. The summed E-state index contributed by atoms with van der Waals surface area (Å²) in [5, 5.41) is 0. The summed E-state index contributed by atoms with van der Waals surface area (Å²) in [6.07, 6.45) is 0.271. The van der Waals surface area contributed by atoms with Crippen LogP contribution >= 0.6 is 0 Å². The first-order valence-electron chi connectivity index (χ1n) is 6.02. The molecule has 2 N–H and O–H groups in total. The van der Waals surface area contributed by atoms with Gasteiger partial charge in [0.25, 0.3) is 0 Å². The Kier molecular flexibility index (Phi) is 3.44. The van der Waals surface area contributed by atoms with Gasteiger partial charge in [-0.15, -0.1) is 0 Å². The molecular weight excluding hydrogens is 246 g/mol. The van der Waals surface area contributed by atoms with Crippen molar-refractivity contribution in [1.82, 2.24) is 4.57 Å². The number of anilines is 1. The quantitative estimate of drug-likeness (QED) is 0.889. The minimum Gasteiger partial charge on any atom is -0.408 e. The Labute approximate surface area is 110 Å². The van der Waals surface area contributed by atoms with Crippen LogP contribution in [0.1, 0.15) is 13.3 Å². The van der Waals surface area contributed by atoms with Crippen LogP contribution in [0.3, 0.4) is 0 Å². The Morgan fingerprint density at radius 1 is 1.53 bits per heavy atom. The largest absolute Gasteiger partial charge is 0.419 e. The van der Waals surface area contributed by atoms with E-state index in [-0.39, 0.29) is 18.4 Å². The molecule has 0 fully saturated rings. The van der Waals surface area contributed by atoms with Crippen LogP contribution < -0.4 is 16.4 Å². The number of aryl methyl sites for hydroxylation is 1. The lowest BCUT2D eigenvalue weighted by atomic mass is 10.2. The van der Waals surface area contributed by atoms with Crippen molar-refractivity contribution in [2.24, 2.45) is 12.8 Å². The zero-order valence-electron chi connectivity index (χ0n) is 11.2. The van der Waals surface area contributed by atoms with E-state index in [9.17, 15) is 9.59 Å². The first kappa shape index (κ1) is 13.4. The smallest absolute Gasteiger partial charge is 0.408 e. The van der Waals surface area contributed by atoms with Gasteiger partial charge in [0.05, 0.1) is 5.52 Å². The van der Waals surface area contributed by atoms with Gasteiger partial charge < -0.3 is 15.1 Å². The van der Waals surface area contributed by atoms with E-state index < -0.39 is 5.76 Å². The molecule has 0 aliphatic carbocycles. The van der Waals surface area contributed by atoms with Crippen LogP contribution in [-0.4, -0.2) is 23.6 Å². The van der Waals surface area contributed by atoms with Crippen LogP contribution in [0.4, 0.5) is 5.69 Å². The number of nitrogens with zero attached hydrogens (tertiary/aromatic N) is 2. The van der Waals surface area contributed by atoms with Gasteiger partial charge in [0.15, 0.2) is 5.58 Å². The molecule has 2 aromatic rings. The molecule has 1 aromatic carbocycles. The van der Waals surface area contributed by atoms with E-state index in [4.69, 9.17) is 10.2 Å². The van der Waals surface area contributed by atoms with Crippen LogP contribution in [0.15, 0.2) is 27.4 Å². The third-order valence-electron chi connectivity index (χ3n) is 3.03. The second-order valence-electron chi connectivity index (χ2n) is 4.71. The first-order chi connectivity index (χ1) is 8.90. The normalized spacial score (nSPS) is 12.6. The minimum absolute atomic E-state index is 0.0763. The van der Waals surface area contributed by atoms with E-state index in [1.165, 1.54) is 9.47 Å². The van der Waals surface area contributed by atoms with Crippen molar-refractivity contribution in [1.29, 1.82) is 0 Å². The van der Waals surface area contributed by atoms with Gasteiger partial charge in [0, 0.05) is 38.3 Å². The molecule has 1 unspecified atom stereocenters. The van der Waals surface area contributed by atoms with Crippen molar-refractivity contribution < 1.29 is 9.21 Å². The third-order valence-corrected chi connectivity index (χ3v) is 3.03. The number of hydrogen-bond acceptors (Lipinski definition) is 4. The van der Waals surface area contributed by atoms with E-state index in [0.29, 0.717) is 16.8 Å². The van der Waals surface area contributed by atoms with Crippen molar-refractivity contribution in [2.45, 2.75) is 19.4 Å². The maximum atomic E-state index is 11.9. The standard InChI is InChI=1S/C13H17N3O3/c1-8(14)6-12(17)15(2)9-4-5-10-11(7-9)19-13(18)16(10)3/h4-5,7-8H,6,14H2,1-3H3. The fourth-order valence-corrected chi connectivity index (χ4v) is 1.89. The van der Waals surface area contributed by atoms with Crippen LogP contribution in [0.2, 0.25) is 0 Å². The minimum atomic E-state index is -0.420. The second-order valence-corrected chi connectivity index (χ2v) is 4.71. The SMILES string of the molecule is CC(N)CC(=O)N(C)c1ccc2c(c1)oc(=O)n2C. The highest BCUT2D eigenvalue weighted by atomic mass is 16.4. The second kappa shape index (κ2) is 4.89. The predicted octanol–water partition coefficient (Wildman–Crippen LogP) is 0.832. The van der Waals surface area contributed by atoms with Crippen LogP contribution in [0, 0.1) is 0 Å². The lowest BCUT2D eigenvalue weighted by Crippen LogP contribution is -2.31. The van der Waals surface area contributed by atoms with Crippen molar-refractivity contribution in [2.75, 3.05) is 11.9 Å². The number of carbonyl (C=O) groups excluding carboxylic acids is 1. The Bertz CT molecular complexity index is 669. The molecule has 0 bridgehead atoms. The molecule has 0 aliphatic heterocycles. The first-order valence-corrected chi connectivity index (χ1v) is 6.02. The average Bonchev–Trinajstić information content (AvgIpc) is 2.63. The summed E-state index contributed by atoms with van der Waals surface area (Å²) >= 11 is 0. The highest BCUT2D eigenvalue weighted by Gasteiger charge is 2.14. The average molecular weight is 263 g/mol. The van der Waals surface area contributed by atoms with E-state index in [0.717, 1.165) is 0 Å². The Morgan fingerprint density at radius 2 is 2.21 bits per heavy atom. The monoisotopic (exact) mass is 263 g/mol. The molecule has 102 valence electrons. The molecule has 0 saturated heterocycles. The van der Waals surface area contributed by atoms with E-state index in [2.05, 4.69) is 0 Å². The summed E-state index contributed by atoms with van der Waals surface area (Å²) in [6, 6.07) is 5.02. The summed E-state index contributed by atoms with van der Waals surface area (Å²) in [5.41, 5.74) is 7.45. The number of rotatable bonds is 3. The lowest BCUT2D eigenvalue weighted by molar-refractivity contribution is -0.118. The molecule has 0 radical (unpaired) electrons. The van der Waals surface area contributed by atoms with Gasteiger partial charge in [-0.1, -0.05) is 0 Å². The molecule has 1 amide bonds. The van der Waals surface area contributed by atoms with Gasteiger partial charge in [-0.3, -0.25) is 9.36 Å². The molecule has 0 aliphatic rings. The Hall–Kier alpha value is -2.08. The zero-order valence-corrected chi connectivity index (χ0v) is 11.2. The summed E-state index contributed by atoms with van der Waals surface area (Å²) in [4.78, 5) is 24.8. The topological polar surface area (TPSA) is 81.5 Å². The van der Waals surface area contributed by atoms with E-state index >= 15 is 0 Å². The fourth-order valence-electron chi connectivity index (χ4n) is 1.89. The molecule has 0 spiro atoms. The fraction of sp³-hybridized carbons (Fsp3) is 0.385. The van der Waals surface area contributed by atoms with E-state index in [1.54, 1.807) is 39.2 Å². The lowest BCUT2D eigenvalue weighted by Gasteiger charge is -2.18. The summed E-state index contributed by atoms with van der Waals surface area (Å²) in [5.74, 6) is -0.496. The van der Waals surface area contributed by atoms with Gasteiger partial charge >= 0.3 is 5.76 Å². The number of carbonyl (C=O) groups is 1. The number of amides is 1. The number of nitrogens with two attached hydrogens (primary N) is 1. The number of benzene rings is 1. The Morgan fingerprint density at radius 3 is 2.84 bits per heavy atom. The molecule has 1 aromatic heterocycles. The van der Waals surface area contributed by atoms with Gasteiger partial charge in [-0.25, -0.2) is 4.79 Å². The maximum absolute atomic E-state index is 11.9. The Balaban J connectivity index is 2.35. The number of fused-ring (bicyclic) bond motifs is 1. The number of hydrogen-bond donors (Lipinski definition) is 1. The zero-order chi connectivity index (χ0) is 14.2. The van der Waals surface area contributed by atoms with Crippen LogP contribution in [0.25, 0.3) is 11.1 Å². The van der Waals surface area contributed by atoms with Crippen molar-refractivity contribution >= 4 is 22.7 Å². The molecule has 19 heavy (non-hydrogen) atoms. The highest BCUT2D eigenvalue weighted by molar-refractivity contribution is 5.94. The summed E-state index contributed by atoms with van der Waals surface area (Å²) in [6.45, 7) is 1.78.